The highest BCUT2D eigenvalue weighted by Crippen LogP contribution is 2.19. The van der Waals surface area contributed by atoms with Gasteiger partial charge in [-0.15, -0.1) is 11.3 Å². The number of rotatable bonds is 4. The number of amides is 1. The van der Waals surface area contributed by atoms with Crippen molar-refractivity contribution in [2.24, 2.45) is 0 Å². The van der Waals surface area contributed by atoms with Crippen LogP contribution in [0.4, 0.5) is 0 Å². The molecule has 7 heteroatoms. The second-order valence-electron chi connectivity index (χ2n) is 7.84. The number of nitrogens with one attached hydrogen (secondary N) is 1. The molecule has 1 saturated carbocycles. The third-order valence-corrected chi connectivity index (χ3v) is 6.51. The molecule has 2 heterocycles. The Balaban J connectivity index is 1.78. The minimum absolute atomic E-state index is 0.0895. The van der Waals surface area contributed by atoms with Crippen molar-refractivity contribution < 1.29 is 4.79 Å². The van der Waals surface area contributed by atoms with Crippen LogP contribution in [0.25, 0.3) is 15.9 Å². The zero-order valence-electron chi connectivity index (χ0n) is 16.7. The molecule has 0 unspecified atom stereocenters. The van der Waals surface area contributed by atoms with Crippen molar-refractivity contribution >= 4 is 27.5 Å². The van der Waals surface area contributed by atoms with Crippen LogP contribution in [0.1, 0.15) is 43.2 Å². The summed E-state index contributed by atoms with van der Waals surface area (Å²) in [6.07, 6.45) is 5.42. The van der Waals surface area contributed by atoms with E-state index in [4.69, 9.17) is 0 Å². The van der Waals surface area contributed by atoms with Gasteiger partial charge in [0, 0.05) is 6.04 Å². The van der Waals surface area contributed by atoms with Crippen LogP contribution in [-0.2, 0) is 11.3 Å². The van der Waals surface area contributed by atoms with E-state index in [0.717, 1.165) is 36.8 Å². The molecule has 29 heavy (non-hydrogen) atoms. The van der Waals surface area contributed by atoms with E-state index in [1.165, 1.54) is 26.9 Å². The summed E-state index contributed by atoms with van der Waals surface area (Å²) in [7, 11) is 0. The highest BCUT2D eigenvalue weighted by molar-refractivity contribution is 7.17. The summed E-state index contributed by atoms with van der Waals surface area (Å²) < 4.78 is 3.10. The number of hydrogen-bond acceptors (Lipinski definition) is 4. The van der Waals surface area contributed by atoms with Crippen molar-refractivity contribution in [1.29, 1.82) is 0 Å². The SMILES string of the molecule is Cc1ccc(-n2c(=O)c3sccc3n(CC(=O)NC3CCCCC3)c2=O)c(C)c1. The number of carbonyl (C=O) groups excluding carboxylic acids is 1. The Hall–Kier alpha value is -2.67. The first kappa shape index (κ1) is 19.6. The maximum absolute atomic E-state index is 13.3. The van der Waals surface area contributed by atoms with E-state index in [1.54, 1.807) is 17.5 Å². The molecule has 0 radical (unpaired) electrons. The molecule has 0 bridgehead atoms. The summed E-state index contributed by atoms with van der Waals surface area (Å²) in [5.41, 5.74) is 2.16. The first-order chi connectivity index (χ1) is 14.0. The molecule has 1 fully saturated rings. The smallest absolute Gasteiger partial charge is 0.336 e. The number of carbonyl (C=O) groups is 1. The Bertz CT molecular complexity index is 1180. The molecule has 152 valence electrons. The number of fused-ring (bicyclic) bond motifs is 1. The third kappa shape index (κ3) is 3.79. The van der Waals surface area contributed by atoms with E-state index in [9.17, 15) is 14.4 Å². The third-order valence-electron chi connectivity index (χ3n) is 5.62. The molecule has 0 atom stereocenters. The van der Waals surface area contributed by atoms with E-state index < -0.39 is 5.69 Å². The van der Waals surface area contributed by atoms with Crippen LogP contribution in [0.3, 0.4) is 0 Å². The van der Waals surface area contributed by atoms with Gasteiger partial charge in [-0.1, -0.05) is 37.0 Å². The van der Waals surface area contributed by atoms with Gasteiger partial charge in [-0.3, -0.25) is 14.2 Å². The van der Waals surface area contributed by atoms with Crippen molar-refractivity contribution in [1.82, 2.24) is 14.5 Å². The van der Waals surface area contributed by atoms with Gasteiger partial charge in [-0.05, 0) is 49.8 Å². The number of hydrogen-bond donors (Lipinski definition) is 1. The van der Waals surface area contributed by atoms with Gasteiger partial charge in [0.1, 0.15) is 11.2 Å². The fourth-order valence-electron chi connectivity index (χ4n) is 4.17. The molecule has 1 aliphatic carbocycles. The van der Waals surface area contributed by atoms with E-state index in [-0.39, 0.29) is 24.1 Å². The summed E-state index contributed by atoms with van der Waals surface area (Å²) in [6.45, 7) is 3.76. The lowest BCUT2D eigenvalue weighted by Gasteiger charge is -2.23. The number of thiophene rings is 1. The fourth-order valence-corrected chi connectivity index (χ4v) is 5.00. The first-order valence-electron chi connectivity index (χ1n) is 10.1. The van der Waals surface area contributed by atoms with Gasteiger partial charge in [-0.25, -0.2) is 9.36 Å². The van der Waals surface area contributed by atoms with Gasteiger partial charge in [0.25, 0.3) is 5.56 Å². The molecule has 3 aromatic rings. The second-order valence-corrected chi connectivity index (χ2v) is 8.75. The Morgan fingerprint density at radius 3 is 2.62 bits per heavy atom. The topological polar surface area (TPSA) is 73.1 Å². The normalized spacial score (nSPS) is 15.0. The zero-order valence-corrected chi connectivity index (χ0v) is 17.6. The minimum atomic E-state index is -0.480. The summed E-state index contributed by atoms with van der Waals surface area (Å²) in [5, 5.41) is 4.85. The van der Waals surface area contributed by atoms with Crippen molar-refractivity contribution in [3.8, 4) is 5.69 Å². The summed E-state index contributed by atoms with van der Waals surface area (Å²) in [5.74, 6) is -0.183. The number of nitrogens with zero attached hydrogens (tertiary/aromatic N) is 2. The molecule has 6 nitrogen and oxygen atoms in total. The van der Waals surface area contributed by atoms with Crippen LogP contribution >= 0.6 is 11.3 Å². The Morgan fingerprint density at radius 2 is 1.90 bits per heavy atom. The number of benzene rings is 1. The molecule has 1 N–H and O–H groups in total. The van der Waals surface area contributed by atoms with Crippen LogP contribution in [0.5, 0.6) is 0 Å². The lowest BCUT2D eigenvalue weighted by Crippen LogP contribution is -2.43. The van der Waals surface area contributed by atoms with Crippen molar-refractivity contribution in [3.63, 3.8) is 0 Å². The lowest BCUT2D eigenvalue weighted by molar-refractivity contribution is -0.122. The van der Waals surface area contributed by atoms with Gasteiger partial charge in [-0.2, -0.15) is 0 Å². The highest BCUT2D eigenvalue weighted by Gasteiger charge is 2.20. The summed E-state index contributed by atoms with van der Waals surface area (Å²) >= 11 is 1.29. The van der Waals surface area contributed by atoms with Crippen LogP contribution in [0.15, 0.2) is 39.2 Å². The van der Waals surface area contributed by atoms with Crippen molar-refractivity contribution in [2.75, 3.05) is 0 Å². The van der Waals surface area contributed by atoms with Crippen LogP contribution < -0.4 is 16.6 Å². The molecular formula is C22H25N3O3S. The summed E-state index contributed by atoms with van der Waals surface area (Å²) in [6, 6.07) is 7.53. The maximum atomic E-state index is 13.3. The van der Waals surface area contributed by atoms with Gasteiger partial charge in [0.2, 0.25) is 5.91 Å². The predicted molar refractivity (Wildman–Crippen MR) is 116 cm³/mol. The Kier molecular flexibility index (Phi) is 5.41. The molecule has 0 aliphatic heterocycles. The van der Waals surface area contributed by atoms with Crippen LogP contribution in [0, 0.1) is 13.8 Å². The molecule has 0 spiro atoms. The lowest BCUT2D eigenvalue weighted by atomic mass is 9.95. The monoisotopic (exact) mass is 411 g/mol. The van der Waals surface area contributed by atoms with Gasteiger partial charge in [0.15, 0.2) is 0 Å². The minimum Gasteiger partial charge on any atom is -0.352 e. The van der Waals surface area contributed by atoms with E-state index in [1.807, 2.05) is 26.0 Å². The summed E-state index contributed by atoms with van der Waals surface area (Å²) in [4.78, 5) is 39.1. The average Bonchev–Trinajstić information content (AvgIpc) is 3.18. The molecule has 1 amide bonds. The second kappa shape index (κ2) is 7.99. The Labute approximate surface area is 172 Å². The maximum Gasteiger partial charge on any atom is 0.336 e. The first-order valence-corrected chi connectivity index (χ1v) is 10.9. The molecule has 1 aromatic carbocycles. The largest absolute Gasteiger partial charge is 0.352 e. The van der Waals surface area contributed by atoms with E-state index >= 15 is 0 Å². The number of aromatic nitrogens is 2. The van der Waals surface area contributed by atoms with Crippen molar-refractivity contribution in [3.05, 3.63) is 61.6 Å². The van der Waals surface area contributed by atoms with Crippen molar-refractivity contribution in [2.45, 2.75) is 58.5 Å². The van der Waals surface area contributed by atoms with Gasteiger partial charge < -0.3 is 5.32 Å². The quantitative estimate of drug-likeness (QED) is 0.716. The molecule has 1 aliphatic rings. The van der Waals surface area contributed by atoms with Gasteiger partial charge >= 0.3 is 5.69 Å². The standard InChI is InChI=1S/C22H25N3O3S/c1-14-8-9-17(15(2)12-14)25-21(27)20-18(10-11-29-20)24(22(25)28)13-19(26)23-16-6-4-3-5-7-16/h8-12,16H,3-7,13H2,1-2H3,(H,23,26). The van der Waals surface area contributed by atoms with E-state index in [2.05, 4.69) is 5.32 Å². The zero-order chi connectivity index (χ0) is 20.5. The van der Waals surface area contributed by atoms with Gasteiger partial charge in [0.05, 0.1) is 11.2 Å². The molecule has 4 rings (SSSR count). The van der Waals surface area contributed by atoms with E-state index in [0.29, 0.717) is 15.9 Å². The number of aryl methyl sites for hydroxylation is 2. The Morgan fingerprint density at radius 1 is 1.14 bits per heavy atom. The highest BCUT2D eigenvalue weighted by atomic mass is 32.1. The van der Waals surface area contributed by atoms with Crippen LogP contribution in [0.2, 0.25) is 0 Å². The van der Waals surface area contributed by atoms with Crippen LogP contribution in [-0.4, -0.2) is 21.1 Å². The molecule has 2 aromatic heterocycles. The predicted octanol–water partition coefficient (Wildman–Crippen LogP) is 3.28. The fraction of sp³-hybridized carbons (Fsp3) is 0.409. The molecular weight excluding hydrogens is 386 g/mol. The average molecular weight is 412 g/mol. The molecule has 0 saturated heterocycles.